The molecular formula is C21H44N2. The van der Waals surface area contributed by atoms with Crippen molar-refractivity contribution in [3.8, 4) is 0 Å². The van der Waals surface area contributed by atoms with Gasteiger partial charge in [-0.15, -0.1) is 0 Å². The molecular weight excluding hydrogens is 280 g/mol. The SMILES string of the molecule is CCCCCCCCC=CCCCCCCCCNC(N)CC. The maximum atomic E-state index is 5.82. The molecule has 0 aliphatic heterocycles. The molecule has 0 bridgehead atoms. The summed E-state index contributed by atoms with van der Waals surface area (Å²) < 4.78 is 0. The van der Waals surface area contributed by atoms with Crippen LogP contribution in [0.2, 0.25) is 0 Å². The van der Waals surface area contributed by atoms with Crippen LogP contribution in [-0.4, -0.2) is 12.7 Å². The van der Waals surface area contributed by atoms with Crippen LogP contribution in [0.15, 0.2) is 12.2 Å². The maximum absolute atomic E-state index is 5.82. The molecule has 0 aromatic rings. The summed E-state index contributed by atoms with van der Waals surface area (Å²) in [6.45, 7) is 5.49. The third-order valence-electron chi connectivity index (χ3n) is 4.53. The van der Waals surface area contributed by atoms with E-state index in [1.807, 2.05) is 0 Å². The number of nitrogens with two attached hydrogens (primary N) is 1. The van der Waals surface area contributed by atoms with Crippen molar-refractivity contribution in [2.24, 2.45) is 5.73 Å². The number of rotatable bonds is 18. The minimum absolute atomic E-state index is 0.193. The smallest absolute Gasteiger partial charge is 0.0543 e. The second kappa shape index (κ2) is 19.7. The van der Waals surface area contributed by atoms with E-state index in [0.29, 0.717) is 0 Å². The highest BCUT2D eigenvalue weighted by molar-refractivity contribution is 4.81. The number of unbranched alkanes of at least 4 members (excludes halogenated alkanes) is 12. The molecule has 0 spiro atoms. The lowest BCUT2D eigenvalue weighted by atomic mass is 10.1. The third kappa shape index (κ3) is 19.6. The van der Waals surface area contributed by atoms with Crippen LogP contribution in [-0.2, 0) is 0 Å². The Balaban J connectivity index is 3.08. The summed E-state index contributed by atoms with van der Waals surface area (Å²) in [5.74, 6) is 0. The Morgan fingerprint density at radius 2 is 1.17 bits per heavy atom. The summed E-state index contributed by atoms with van der Waals surface area (Å²) in [6.07, 6.45) is 25.2. The fourth-order valence-corrected chi connectivity index (χ4v) is 2.80. The van der Waals surface area contributed by atoms with Crippen molar-refractivity contribution < 1.29 is 0 Å². The van der Waals surface area contributed by atoms with E-state index in [2.05, 4.69) is 31.3 Å². The number of allylic oxidation sites excluding steroid dienone is 2. The molecule has 23 heavy (non-hydrogen) atoms. The van der Waals surface area contributed by atoms with Gasteiger partial charge in [-0.25, -0.2) is 0 Å². The summed E-state index contributed by atoms with van der Waals surface area (Å²) in [5, 5.41) is 3.35. The van der Waals surface area contributed by atoms with E-state index < -0.39 is 0 Å². The molecule has 0 radical (unpaired) electrons. The standard InChI is InChI=1S/C21H44N2/c1-3-5-6-7-8-9-10-11-12-13-14-15-16-17-18-19-20-23-21(22)4-2/h11-12,21,23H,3-10,13-20,22H2,1-2H3. The van der Waals surface area contributed by atoms with E-state index in [4.69, 9.17) is 5.73 Å². The molecule has 0 aliphatic rings. The Bertz CT molecular complexity index is 238. The van der Waals surface area contributed by atoms with Crippen molar-refractivity contribution in [2.75, 3.05) is 6.54 Å². The van der Waals surface area contributed by atoms with Crippen LogP contribution in [0.3, 0.4) is 0 Å². The predicted octanol–water partition coefficient (Wildman–Crippen LogP) is 6.31. The average molecular weight is 325 g/mol. The highest BCUT2D eigenvalue weighted by Crippen LogP contribution is 2.09. The van der Waals surface area contributed by atoms with E-state index in [1.54, 1.807) is 0 Å². The highest BCUT2D eigenvalue weighted by Gasteiger charge is 1.96. The molecule has 3 N–H and O–H groups in total. The van der Waals surface area contributed by atoms with Crippen molar-refractivity contribution in [1.82, 2.24) is 5.32 Å². The van der Waals surface area contributed by atoms with E-state index in [-0.39, 0.29) is 6.17 Å². The average Bonchev–Trinajstić information content (AvgIpc) is 2.57. The molecule has 1 unspecified atom stereocenters. The monoisotopic (exact) mass is 324 g/mol. The molecule has 0 aromatic heterocycles. The summed E-state index contributed by atoms with van der Waals surface area (Å²) in [4.78, 5) is 0. The Morgan fingerprint density at radius 3 is 1.70 bits per heavy atom. The topological polar surface area (TPSA) is 38.0 Å². The summed E-state index contributed by atoms with van der Waals surface area (Å²) in [5.41, 5.74) is 5.82. The Kier molecular flexibility index (Phi) is 19.4. The van der Waals surface area contributed by atoms with Gasteiger partial charge in [0.2, 0.25) is 0 Å². The van der Waals surface area contributed by atoms with Crippen molar-refractivity contribution in [3.63, 3.8) is 0 Å². The first-order valence-corrected chi connectivity index (χ1v) is 10.4. The summed E-state index contributed by atoms with van der Waals surface area (Å²) >= 11 is 0. The van der Waals surface area contributed by atoms with Gasteiger partial charge in [-0.05, 0) is 45.1 Å². The first-order chi connectivity index (χ1) is 11.3. The number of hydrogen-bond acceptors (Lipinski definition) is 2. The minimum atomic E-state index is 0.193. The van der Waals surface area contributed by atoms with Gasteiger partial charge in [0.1, 0.15) is 0 Å². The second-order valence-electron chi connectivity index (χ2n) is 6.91. The van der Waals surface area contributed by atoms with Gasteiger partial charge in [-0.1, -0.05) is 83.8 Å². The molecule has 0 aromatic carbocycles. The quantitative estimate of drug-likeness (QED) is 0.176. The van der Waals surface area contributed by atoms with Gasteiger partial charge in [0.05, 0.1) is 6.17 Å². The molecule has 0 amide bonds. The molecule has 0 saturated heterocycles. The first-order valence-electron chi connectivity index (χ1n) is 10.4. The van der Waals surface area contributed by atoms with Crippen LogP contribution < -0.4 is 11.1 Å². The van der Waals surface area contributed by atoms with Gasteiger partial charge in [-0.3, -0.25) is 0 Å². The molecule has 0 rings (SSSR count). The Morgan fingerprint density at radius 1 is 0.696 bits per heavy atom. The lowest BCUT2D eigenvalue weighted by molar-refractivity contribution is 0.489. The van der Waals surface area contributed by atoms with Gasteiger partial charge < -0.3 is 11.1 Å². The zero-order valence-corrected chi connectivity index (χ0v) is 16.1. The van der Waals surface area contributed by atoms with Crippen molar-refractivity contribution in [1.29, 1.82) is 0 Å². The number of hydrogen-bond donors (Lipinski definition) is 2. The predicted molar refractivity (Wildman–Crippen MR) is 106 cm³/mol. The van der Waals surface area contributed by atoms with Crippen molar-refractivity contribution in [2.45, 2.75) is 116 Å². The van der Waals surface area contributed by atoms with E-state index in [9.17, 15) is 0 Å². The van der Waals surface area contributed by atoms with Crippen LogP contribution in [0, 0.1) is 0 Å². The molecule has 0 fully saturated rings. The van der Waals surface area contributed by atoms with E-state index in [1.165, 1.54) is 89.9 Å². The second-order valence-corrected chi connectivity index (χ2v) is 6.91. The van der Waals surface area contributed by atoms with Crippen LogP contribution in [0.5, 0.6) is 0 Å². The third-order valence-corrected chi connectivity index (χ3v) is 4.53. The zero-order chi connectivity index (χ0) is 17.0. The fourth-order valence-electron chi connectivity index (χ4n) is 2.80. The Hall–Kier alpha value is -0.340. The van der Waals surface area contributed by atoms with Gasteiger partial charge in [0.25, 0.3) is 0 Å². The lowest BCUT2D eigenvalue weighted by Gasteiger charge is -2.10. The lowest BCUT2D eigenvalue weighted by Crippen LogP contribution is -2.37. The minimum Gasteiger partial charge on any atom is -0.316 e. The van der Waals surface area contributed by atoms with Gasteiger partial charge >= 0.3 is 0 Å². The zero-order valence-electron chi connectivity index (χ0n) is 16.1. The molecule has 1 atom stereocenters. The van der Waals surface area contributed by atoms with Gasteiger partial charge in [0, 0.05) is 0 Å². The highest BCUT2D eigenvalue weighted by atomic mass is 15.0. The van der Waals surface area contributed by atoms with Gasteiger partial charge in [-0.2, -0.15) is 0 Å². The summed E-state index contributed by atoms with van der Waals surface area (Å²) in [6, 6.07) is 0. The molecule has 0 heterocycles. The van der Waals surface area contributed by atoms with E-state index in [0.717, 1.165) is 13.0 Å². The van der Waals surface area contributed by atoms with Gasteiger partial charge in [0.15, 0.2) is 0 Å². The first kappa shape index (κ1) is 22.7. The number of nitrogens with one attached hydrogen (secondary N) is 1. The molecule has 2 nitrogen and oxygen atoms in total. The Labute approximate surface area is 146 Å². The maximum Gasteiger partial charge on any atom is 0.0543 e. The van der Waals surface area contributed by atoms with Crippen LogP contribution >= 0.6 is 0 Å². The van der Waals surface area contributed by atoms with Crippen LogP contribution in [0.25, 0.3) is 0 Å². The summed E-state index contributed by atoms with van der Waals surface area (Å²) in [7, 11) is 0. The molecule has 138 valence electrons. The van der Waals surface area contributed by atoms with Crippen LogP contribution in [0.1, 0.15) is 110 Å². The van der Waals surface area contributed by atoms with E-state index >= 15 is 0 Å². The van der Waals surface area contributed by atoms with Crippen molar-refractivity contribution >= 4 is 0 Å². The molecule has 0 saturated carbocycles. The van der Waals surface area contributed by atoms with Crippen molar-refractivity contribution in [3.05, 3.63) is 12.2 Å². The largest absolute Gasteiger partial charge is 0.316 e. The fraction of sp³-hybridized carbons (Fsp3) is 0.905. The normalized spacial score (nSPS) is 13.0. The van der Waals surface area contributed by atoms with Crippen LogP contribution in [0.4, 0.5) is 0 Å². The molecule has 2 heteroatoms. The molecule has 0 aliphatic carbocycles.